The standard InChI is InChI=1S/C12H18N2O/c1-4-6-11(14-5-2)10-7-8-13-9-12(10)15-3/h4,7-9,11,14H,1,5-6H2,2-3H3. The Morgan fingerprint density at radius 1 is 1.67 bits per heavy atom. The van der Waals surface area contributed by atoms with Crippen LogP contribution in [0.2, 0.25) is 0 Å². The highest BCUT2D eigenvalue weighted by Gasteiger charge is 2.13. The Kier molecular flexibility index (Phi) is 4.84. The molecule has 0 radical (unpaired) electrons. The topological polar surface area (TPSA) is 34.2 Å². The van der Waals surface area contributed by atoms with Crippen LogP contribution in [0.15, 0.2) is 31.1 Å². The van der Waals surface area contributed by atoms with Gasteiger partial charge >= 0.3 is 0 Å². The second kappa shape index (κ2) is 6.19. The van der Waals surface area contributed by atoms with Crippen molar-refractivity contribution >= 4 is 0 Å². The van der Waals surface area contributed by atoms with Crippen LogP contribution in [0.1, 0.15) is 24.9 Å². The van der Waals surface area contributed by atoms with Gasteiger partial charge in [-0.25, -0.2) is 0 Å². The lowest BCUT2D eigenvalue weighted by molar-refractivity contribution is 0.398. The van der Waals surface area contributed by atoms with Crippen molar-refractivity contribution in [3.63, 3.8) is 0 Å². The zero-order valence-corrected chi connectivity index (χ0v) is 9.36. The van der Waals surface area contributed by atoms with Gasteiger partial charge in [-0.3, -0.25) is 4.98 Å². The minimum Gasteiger partial charge on any atom is -0.495 e. The lowest BCUT2D eigenvalue weighted by atomic mass is 10.0. The van der Waals surface area contributed by atoms with Crippen molar-refractivity contribution in [2.45, 2.75) is 19.4 Å². The fraction of sp³-hybridized carbons (Fsp3) is 0.417. The molecule has 1 rings (SSSR count). The minimum atomic E-state index is 0.255. The van der Waals surface area contributed by atoms with Gasteiger partial charge in [-0.1, -0.05) is 13.0 Å². The van der Waals surface area contributed by atoms with Crippen LogP contribution in [0.4, 0.5) is 0 Å². The van der Waals surface area contributed by atoms with Gasteiger partial charge in [-0.2, -0.15) is 0 Å². The molecular weight excluding hydrogens is 188 g/mol. The van der Waals surface area contributed by atoms with Crippen LogP contribution in [-0.4, -0.2) is 18.6 Å². The molecule has 0 spiro atoms. The molecule has 0 aliphatic rings. The Bertz CT molecular complexity index is 312. The third-order valence-electron chi connectivity index (χ3n) is 2.26. The van der Waals surface area contributed by atoms with Crippen LogP contribution >= 0.6 is 0 Å². The highest BCUT2D eigenvalue weighted by atomic mass is 16.5. The number of pyridine rings is 1. The lowest BCUT2D eigenvalue weighted by Crippen LogP contribution is -2.20. The molecule has 1 atom stereocenters. The Hall–Kier alpha value is -1.35. The molecule has 3 nitrogen and oxygen atoms in total. The van der Waals surface area contributed by atoms with E-state index in [1.165, 1.54) is 0 Å². The highest BCUT2D eigenvalue weighted by molar-refractivity contribution is 5.33. The first-order valence-corrected chi connectivity index (χ1v) is 5.15. The number of hydrogen-bond donors (Lipinski definition) is 1. The molecule has 0 aromatic carbocycles. The zero-order valence-electron chi connectivity index (χ0n) is 9.36. The number of rotatable bonds is 6. The minimum absolute atomic E-state index is 0.255. The molecule has 1 aromatic heterocycles. The van der Waals surface area contributed by atoms with E-state index in [0.717, 1.165) is 24.3 Å². The summed E-state index contributed by atoms with van der Waals surface area (Å²) in [6.45, 7) is 6.77. The molecule has 1 N–H and O–H groups in total. The van der Waals surface area contributed by atoms with E-state index in [4.69, 9.17) is 4.74 Å². The van der Waals surface area contributed by atoms with Crippen LogP contribution < -0.4 is 10.1 Å². The van der Waals surface area contributed by atoms with Crippen molar-refractivity contribution in [3.05, 3.63) is 36.7 Å². The van der Waals surface area contributed by atoms with Crippen LogP contribution in [0.25, 0.3) is 0 Å². The summed E-state index contributed by atoms with van der Waals surface area (Å²) in [5, 5.41) is 3.40. The second-order valence-corrected chi connectivity index (χ2v) is 3.25. The van der Waals surface area contributed by atoms with Gasteiger partial charge in [0.2, 0.25) is 0 Å². The third kappa shape index (κ3) is 3.06. The molecule has 1 heterocycles. The van der Waals surface area contributed by atoms with Crippen molar-refractivity contribution in [1.82, 2.24) is 10.3 Å². The fourth-order valence-corrected chi connectivity index (χ4v) is 1.58. The summed E-state index contributed by atoms with van der Waals surface area (Å²) in [6.07, 6.45) is 6.31. The summed E-state index contributed by atoms with van der Waals surface area (Å²) in [5.74, 6) is 0.824. The maximum atomic E-state index is 5.28. The van der Waals surface area contributed by atoms with E-state index in [-0.39, 0.29) is 6.04 Å². The second-order valence-electron chi connectivity index (χ2n) is 3.25. The molecular formula is C12H18N2O. The summed E-state index contributed by atoms with van der Waals surface area (Å²) in [7, 11) is 1.66. The molecule has 1 aromatic rings. The van der Waals surface area contributed by atoms with Gasteiger partial charge in [0, 0.05) is 17.8 Å². The van der Waals surface area contributed by atoms with Crippen molar-refractivity contribution < 1.29 is 4.74 Å². The van der Waals surface area contributed by atoms with Crippen LogP contribution in [-0.2, 0) is 0 Å². The smallest absolute Gasteiger partial charge is 0.141 e. The van der Waals surface area contributed by atoms with E-state index in [0.29, 0.717) is 0 Å². The number of ether oxygens (including phenoxy) is 1. The SMILES string of the molecule is C=CCC(NCC)c1ccncc1OC. The number of nitrogens with one attached hydrogen (secondary N) is 1. The molecule has 82 valence electrons. The fourth-order valence-electron chi connectivity index (χ4n) is 1.58. The molecule has 0 saturated carbocycles. The van der Waals surface area contributed by atoms with E-state index in [1.807, 2.05) is 12.1 Å². The average Bonchev–Trinajstić information content (AvgIpc) is 2.29. The predicted molar refractivity (Wildman–Crippen MR) is 62.0 cm³/mol. The van der Waals surface area contributed by atoms with Gasteiger partial charge in [0.15, 0.2) is 0 Å². The summed E-state index contributed by atoms with van der Waals surface area (Å²) in [4.78, 5) is 4.04. The maximum absolute atomic E-state index is 5.28. The van der Waals surface area contributed by atoms with Crippen molar-refractivity contribution in [3.8, 4) is 5.75 Å². The van der Waals surface area contributed by atoms with E-state index in [2.05, 4.69) is 23.8 Å². The van der Waals surface area contributed by atoms with Crippen LogP contribution in [0, 0.1) is 0 Å². The Balaban J connectivity index is 2.92. The first-order chi connectivity index (χ1) is 7.33. The van der Waals surface area contributed by atoms with Gasteiger partial charge in [-0.15, -0.1) is 6.58 Å². The van der Waals surface area contributed by atoms with Crippen LogP contribution in [0.3, 0.4) is 0 Å². The van der Waals surface area contributed by atoms with E-state index in [1.54, 1.807) is 19.5 Å². The summed E-state index contributed by atoms with van der Waals surface area (Å²) in [5.41, 5.74) is 1.13. The Morgan fingerprint density at radius 3 is 3.07 bits per heavy atom. The van der Waals surface area contributed by atoms with Crippen molar-refractivity contribution in [1.29, 1.82) is 0 Å². The first-order valence-electron chi connectivity index (χ1n) is 5.15. The average molecular weight is 206 g/mol. The molecule has 3 heteroatoms. The molecule has 0 bridgehead atoms. The number of methoxy groups -OCH3 is 1. The maximum Gasteiger partial charge on any atom is 0.141 e. The zero-order chi connectivity index (χ0) is 11.1. The summed E-state index contributed by atoms with van der Waals surface area (Å²) < 4.78 is 5.28. The molecule has 0 aliphatic heterocycles. The van der Waals surface area contributed by atoms with Crippen molar-refractivity contribution in [2.24, 2.45) is 0 Å². The van der Waals surface area contributed by atoms with Gasteiger partial charge in [0.25, 0.3) is 0 Å². The van der Waals surface area contributed by atoms with Crippen LogP contribution in [0.5, 0.6) is 5.75 Å². The van der Waals surface area contributed by atoms with E-state index < -0.39 is 0 Å². The largest absolute Gasteiger partial charge is 0.495 e. The van der Waals surface area contributed by atoms with Gasteiger partial charge in [0.1, 0.15) is 5.75 Å². The summed E-state index contributed by atoms with van der Waals surface area (Å²) in [6, 6.07) is 2.24. The van der Waals surface area contributed by atoms with Gasteiger partial charge in [0.05, 0.1) is 13.3 Å². The molecule has 0 amide bonds. The first kappa shape index (κ1) is 11.7. The molecule has 1 unspecified atom stereocenters. The van der Waals surface area contributed by atoms with E-state index >= 15 is 0 Å². The number of nitrogens with zero attached hydrogens (tertiary/aromatic N) is 1. The molecule has 15 heavy (non-hydrogen) atoms. The predicted octanol–water partition coefficient (Wildman–Crippen LogP) is 2.32. The lowest BCUT2D eigenvalue weighted by Gasteiger charge is -2.18. The number of hydrogen-bond acceptors (Lipinski definition) is 3. The molecule has 0 aliphatic carbocycles. The van der Waals surface area contributed by atoms with E-state index in [9.17, 15) is 0 Å². The quantitative estimate of drug-likeness (QED) is 0.725. The van der Waals surface area contributed by atoms with Gasteiger partial charge in [-0.05, 0) is 19.0 Å². The normalized spacial score (nSPS) is 12.1. The Morgan fingerprint density at radius 2 is 2.47 bits per heavy atom. The van der Waals surface area contributed by atoms with Gasteiger partial charge < -0.3 is 10.1 Å². The van der Waals surface area contributed by atoms with Crippen molar-refractivity contribution in [2.75, 3.05) is 13.7 Å². The Labute approximate surface area is 91.2 Å². The monoisotopic (exact) mass is 206 g/mol. The summed E-state index contributed by atoms with van der Waals surface area (Å²) >= 11 is 0. The highest BCUT2D eigenvalue weighted by Crippen LogP contribution is 2.25. The molecule has 0 saturated heterocycles. The number of aromatic nitrogens is 1. The molecule has 0 fully saturated rings. The third-order valence-corrected chi connectivity index (χ3v) is 2.26.